The molecule has 1 aliphatic heterocycles. The van der Waals surface area contributed by atoms with Crippen molar-refractivity contribution in [2.75, 3.05) is 13.1 Å². The molecule has 3 unspecified atom stereocenters. The predicted molar refractivity (Wildman–Crippen MR) is 57.8 cm³/mol. The maximum atomic E-state index is 11.5. The number of likely N-dealkylation sites (tertiary alicyclic amines) is 1. The molecule has 0 aliphatic carbocycles. The topological polar surface area (TPSA) is 78.6 Å². The first-order chi connectivity index (χ1) is 7.10. The van der Waals surface area contributed by atoms with Gasteiger partial charge in [0.05, 0.1) is 12.1 Å². The number of nitrogens with two attached hydrogens (primary N) is 1. The summed E-state index contributed by atoms with van der Waals surface area (Å²) < 4.78 is 0. The fourth-order valence-electron chi connectivity index (χ4n) is 2.06. The lowest BCUT2D eigenvalue weighted by Gasteiger charge is -2.38. The summed E-state index contributed by atoms with van der Waals surface area (Å²) in [6, 6.07) is -0.211. The summed E-state index contributed by atoms with van der Waals surface area (Å²) in [7, 11) is 0. The number of carbonyl (C=O) groups excluding carboxylic acids is 1. The molecule has 3 atom stereocenters. The average Bonchev–Trinajstić information content (AvgIpc) is 2.24. The van der Waals surface area contributed by atoms with Gasteiger partial charge in [-0.2, -0.15) is 0 Å². The molecule has 5 heteroatoms. The summed E-state index contributed by atoms with van der Waals surface area (Å²) in [4.78, 5) is 13.5. The number of hydrogen-bond donors (Lipinski definition) is 3. The lowest BCUT2D eigenvalue weighted by Crippen LogP contribution is -2.54. The van der Waals surface area contributed by atoms with Crippen LogP contribution in [-0.2, 0) is 4.79 Å². The molecule has 1 saturated heterocycles. The van der Waals surface area contributed by atoms with Crippen molar-refractivity contribution in [2.24, 2.45) is 11.8 Å². The van der Waals surface area contributed by atoms with Gasteiger partial charge < -0.3 is 5.11 Å². The number of hydrogen-bond acceptors (Lipinski definition) is 4. The van der Waals surface area contributed by atoms with Gasteiger partial charge in [-0.15, -0.1) is 0 Å². The first-order valence-electron chi connectivity index (χ1n) is 5.52. The zero-order chi connectivity index (χ0) is 11.4. The molecule has 1 rings (SSSR count). The highest BCUT2D eigenvalue weighted by Crippen LogP contribution is 2.19. The highest BCUT2D eigenvalue weighted by atomic mass is 16.3. The summed E-state index contributed by atoms with van der Waals surface area (Å²) in [5.41, 5.74) is 2.18. The summed E-state index contributed by atoms with van der Waals surface area (Å²) in [5.74, 6) is 5.28. The largest absolute Gasteiger partial charge is 0.392 e. The van der Waals surface area contributed by atoms with E-state index in [4.69, 9.17) is 5.84 Å². The van der Waals surface area contributed by atoms with E-state index in [1.807, 2.05) is 18.7 Å². The minimum absolute atomic E-state index is 0.167. The van der Waals surface area contributed by atoms with E-state index in [0.29, 0.717) is 18.9 Å². The highest BCUT2D eigenvalue weighted by molar-refractivity contribution is 5.81. The molecule has 0 aromatic heterocycles. The van der Waals surface area contributed by atoms with E-state index in [-0.39, 0.29) is 18.1 Å². The van der Waals surface area contributed by atoms with Gasteiger partial charge >= 0.3 is 0 Å². The second kappa shape index (κ2) is 5.44. The Morgan fingerprint density at radius 2 is 2.40 bits per heavy atom. The Morgan fingerprint density at radius 1 is 1.73 bits per heavy atom. The van der Waals surface area contributed by atoms with Crippen molar-refractivity contribution in [3.8, 4) is 0 Å². The first-order valence-corrected chi connectivity index (χ1v) is 5.52. The van der Waals surface area contributed by atoms with Crippen LogP contribution < -0.4 is 11.3 Å². The molecule has 88 valence electrons. The third-order valence-electron chi connectivity index (χ3n) is 3.22. The maximum Gasteiger partial charge on any atom is 0.251 e. The molecule has 15 heavy (non-hydrogen) atoms. The molecule has 0 aromatic rings. The van der Waals surface area contributed by atoms with Gasteiger partial charge in [0, 0.05) is 6.54 Å². The fourth-order valence-corrected chi connectivity index (χ4v) is 2.06. The lowest BCUT2D eigenvalue weighted by atomic mass is 9.94. The Kier molecular flexibility index (Phi) is 4.50. The van der Waals surface area contributed by atoms with Crippen LogP contribution in [-0.4, -0.2) is 41.1 Å². The summed E-state index contributed by atoms with van der Waals surface area (Å²) in [6.45, 7) is 5.40. The number of hydrazine groups is 1. The second-order valence-electron chi connectivity index (χ2n) is 4.26. The van der Waals surface area contributed by atoms with Crippen molar-refractivity contribution < 1.29 is 9.90 Å². The zero-order valence-electron chi connectivity index (χ0n) is 9.44. The average molecular weight is 215 g/mol. The molecule has 0 spiro atoms. The number of amides is 1. The Morgan fingerprint density at radius 3 is 2.87 bits per heavy atom. The van der Waals surface area contributed by atoms with Gasteiger partial charge in [-0.05, 0) is 25.3 Å². The summed E-state index contributed by atoms with van der Waals surface area (Å²) in [6.07, 6.45) is 1.30. The lowest BCUT2D eigenvalue weighted by molar-refractivity contribution is -0.128. The molecule has 1 aliphatic rings. The van der Waals surface area contributed by atoms with E-state index >= 15 is 0 Å². The van der Waals surface area contributed by atoms with Gasteiger partial charge in [-0.3, -0.25) is 15.1 Å². The van der Waals surface area contributed by atoms with Gasteiger partial charge in [-0.25, -0.2) is 5.84 Å². The molecule has 1 heterocycles. The maximum absolute atomic E-state index is 11.5. The van der Waals surface area contributed by atoms with Crippen LogP contribution in [0.3, 0.4) is 0 Å². The Labute approximate surface area is 90.6 Å². The van der Waals surface area contributed by atoms with Gasteiger partial charge in [-0.1, -0.05) is 13.8 Å². The number of carbonyl (C=O) groups is 1. The number of rotatable bonds is 3. The zero-order valence-corrected chi connectivity index (χ0v) is 9.44. The Balaban J connectivity index is 2.58. The standard InChI is InChI=1S/C10H21N3O2/c1-3-8(10(15)12-11)13-5-4-7(2)9(14)6-13/h7-9,14H,3-6,11H2,1-2H3,(H,12,15). The van der Waals surface area contributed by atoms with Crippen LogP contribution in [0.5, 0.6) is 0 Å². The van der Waals surface area contributed by atoms with Crippen LogP contribution in [0.15, 0.2) is 0 Å². The van der Waals surface area contributed by atoms with Crippen LogP contribution in [0.4, 0.5) is 0 Å². The van der Waals surface area contributed by atoms with Gasteiger partial charge in [0.2, 0.25) is 0 Å². The van der Waals surface area contributed by atoms with Gasteiger partial charge in [0.1, 0.15) is 0 Å². The predicted octanol–water partition coefficient (Wildman–Crippen LogP) is -0.542. The van der Waals surface area contributed by atoms with Crippen LogP contribution in [0.1, 0.15) is 26.7 Å². The van der Waals surface area contributed by atoms with Crippen LogP contribution in [0, 0.1) is 5.92 Å². The van der Waals surface area contributed by atoms with E-state index in [1.165, 1.54) is 0 Å². The van der Waals surface area contributed by atoms with E-state index < -0.39 is 0 Å². The third-order valence-corrected chi connectivity index (χ3v) is 3.22. The monoisotopic (exact) mass is 215 g/mol. The molecular weight excluding hydrogens is 194 g/mol. The normalized spacial score (nSPS) is 29.9. The number of β-amino-alcohol motifs (C(OH)–C–C–N with tert-alkyl or cyclic N) is 1. The molecule has 1 amide bonds. The molecule has 0 saturated carbocycles. The first kappa shape index (κ1) is 12.4. The van der Waals surface area contributed by atoms with Crippen molar-refractivity contribution in [3.63, 3.8) is 0 Å². The molecule has 0 radical (unpaired) electrons. The molecule has 1 fully saturated rings. The molecule has 0 aromatic carbocycles. The minimum Gasteiger partial charge on any atom is -0.392 e. The Bertz CT molecular complexity index is 223. The van der Waals surface area contributed by atoms with E-state index in [0.717, 1.165) is 13.0 Å². The number of aliphatic hydroxyl groups is 1. The smallest absolute Gasteiger partial charge is 0.251 e. The van der Waals surface area contributed by atoms with Gasteiger partial charge in [0.25, 0.3) is 5.91 Å². The number of aliphatic hydroxyl groups excluding tert-OH is 1. The van der Waals surface area contributed by atoms with E-state index in [1.54, 1.807) is 0 Å². The highest BCUT2D eigenvalue weighted by Gasteiger charge is 2.31. The molecule has 0 bridgehead atoms. The molecule has 5 nitrogen and oxygen atoms in total. The van der Waals surface area contributed by atoms with Crippen molar-refractivity contribution in [1.29, 1.82) is 0 Å². The van der Waals surface area contributed by atoms with Gasteiger partial charge in [0.15, 0.2) is 0 Å². The van der Waals surface area contributed by atoms with Crippen LogP contribution in [0.25, 0.3) is 0 Å². The fraction of sp³-hybridized carbons (Fsp3) is 0.900. The second-order valence-corrected chi connectivity index (χ2v) is 4.26. The van der Waals surface area contributed by atoms with E-state index in [9.17, 15) is 9.90 Å². The van der Waals surface area contributed by atoms with Crippen molar-refractivity contribution in [2.45, 2.75) is 38.8 Å². The van der Waals surface area contributed by atoms with Crippen molar-refractivity contribution in [3.05, 3.63) is 0 Å². The Hall–Kier alpha value is -0.650. The SMILES string of the molecule is CCC(C(=O)NN)N1CCC(C)C(O)C1. The minimum atomic E-state index is -0.335. The van der Waals surface area contributed by atoms with Crippen molar-refractivity contribution >= 4 is 5.91 Å². The van der Waals surface area contributed by atoms with Crippen LogP contribution in [0.2, 0.25) is 0 Å². The molecular formula is C10H21N3O2. The summed E-state index contributed by atoms with van der Waals surface area (Å²) in [5, 5.41) is 9.74. The molecule has 4 N–H and O–H groups in total. The summed E-state index contributed by atoms with van der Waals surface area (Å²) >= 11 is 0. The third kappa shape index (κ3) is 2.90. The number of piperidine rings is 1. The van der Waals surface area contributed by atoms with Crippen LogP contribution >= 0.6 is 0 Å². The van der Waals surface area contributed by atoms with Crippen molar-refractivity contribution in [1.82, 2.24) is 10.3 Å². The number of nitrogens with one attached hydrogen (secondary N) is 1. The van der Waals surface area contributed by atoms with E-state index in [2.05, 4.69) is 5.43 Å². The quantitative estimate of drug-likeness (QED) is 0.335. The number of nitrogens with zero attached hydrogens (tertiary/aromatic N) is 1.